The summed E-state index contributed by atoms with van der Waals surface area (Å²) >= 11 is 0. The van der Waals surface area contributed by atoms with Gasteiger partial charge in [0.2, 0.25) is 5.91 Å². The molecule has 4 nitrogen and oxygen atoms in total. The third-order valence-corrected chi connectivity index (χ3v) is 4.81. The Bertz CT molecular complexity index is 1070. The summed E-state index contributed by atoms with van der Waals surface area (Å²) < 4.78 is 19.1. The predicted molar refractivity (Wildman–Crippen MR) is 107 cm³/mol. The third-order valence-electron chi connectivity index (χ3n) is 4.81. The number of aryl methyl sites for hydroxylation is 1. The van der Waals surface area contributed by atoms with E-state index >= 15 is 0 Å². The summed E-state index contributed by atoms with van der Waals surface area (Å²) in [5, 5.41) is 3.74. The molecule has 0 atom stereocenters. The average molecular weight is 376 g/mol. The first-order valence-electron chi connectivity index (χ1n) is 9.35. The van der Waals surface area contributed by atoms with Gasteiger partial charge in [-0.1, -0.05) is 30.3 Å². The minimum Gasteiger partial charge on any atom is -0.469 e. The Balaban J connectivity index is 1.50. The third kappa shape index (κ3) is 3.98. The van der Waals surface area contributed by atoms with Crippen LogP contribution >= 0.6 is 0 Å². The van der Waals surface area contributed by atoms with Crippen LogP contribution in [-0.2, 0) is 17.6 Å². The molecule has 0 saturated carbocycles. The Morgan fingerprint density at radius 3 is 2.68 bits per heavy atom. The molecule has 0 bridgehead atoms. The number of nitrogens with one attached hydrogen (secondary N) is 2. The maximum Gasteiger partial charge on any atom is 0.220 e. The maximum absolute atomic E-state index is 13.8. The summed E-state index contributed by atoms with van der Waals surface area (Å²) in [5.41, 5.74) is 3.78. The lowest BCUT2D eigenvalue weighted by molar-refractivity contribution is -0.121. The van der Waals surface area contributed by atoms with Gasteiger partial charge in [0.25, 0.3) is 0 Å². The van der Waals surface area contributed by atoms with Crippen molar-refractivity contribution in [3.8, 4) is 11.3 Å². The van der Waals surface area contributed by atoms with Gasteiger partial charge in [-0.2, -0.15) is 0 Å². The molecular weight excluding hydrogens is 355 g/mol. The van der Waals surface area contributed by atoms with E-state index < -0.39 is 0 Å². The highest BCUT2D eigenvalue weighted by molar-refractivity contribution is 5.91. The molecule has 0 saturated heterocycles. The lowest BCUT2D eigenvalue weighted by Gasteiger charge is -2.07. The molecule has 4 aromatic rings. The van der Waals surface area contributed by atoms with E-state index in [-0.39, 0.29) is 11.7 Å². The van der Waals surface area contributed by atoms with Gasteiger partial charge < -0.3 is 14.7 Å². The van der Waals surface area contributed by atoms with Crippen molar-refractivity contribution in [2.45, 2.75) is 19.3 Å². The number of furan rings is 1. The molecule has 2 aromatic carbocycles. The number of carbonyl (C=O) groups is 1. The largest absolute Gasteiger partial charge is 0.469 e. The topological polar surface area (TPSA) is 58.0 Å². The number of amides is 1. The zero-order valence-corrected chi connectivity index (χ0v) is 15.4. The zero-order chi connectivity index (χ0) is 19.3. The number of aromatic amines is 1. The molecule has 0 fully saturated rings. The van der Waals surface area contributed by atoms with Crippen molar-refractivity contribution in [2.24, 2.45) is 0 Å². The summed E-state index contributed by atoms with van der Waals surface area (Å²) in [6.07, 6.45) is 3.15. The van der Waals surface area contributed by atoms with Crippen molar-refractivity contribution in [1.29, 1.82) is 0 Å². The first-order valence-corrected chi connectivity index (χ1v) is 9.35. The van der Waals surface area contributed by atoms with Crippen LogP contribution in [0.2, 0.25) is 0 Å². The van der Waals surface area contributed by atoms with Crippen molar-refractivity contribution in [2.75, 3.05) is 6.54 Å². The van der Waals surface area contributed by atoms with Crippen molar-refractivity contribution < 1.29 is 13.6 Å². The molecule has 4 rings (SSSR count). The van der Waals surface area contributed by atoms with Gasteiger partial charge in [0.1, 0.15) is 11.6 Å². The lowest BCUT2D eigenvalue weighted by Crippen LogP contribution is -2.25. The lowest BCUT2D eigenvalue weighted by atomic mass is 10.0. The molecule has 0 spiro atoms. The number of halogens is 1. The highest BCUT2D eigenvalue weighted by Crippen LogP contribution is 2.31. The highest BCUT2D eigenvalue weighted by atomic mass is 19.1. The van der Waals surface area contributed by atoms with Gasteiger partial charge in [-0.05, 0) is 47.9 Å². The van der Waals surface area contributed by atoms with E-state index in [2.05, 4.69) is 10.3 Å². The Kier molecular flexibility index (Phi) is 5.24. The highest BCUT2D eigenvalue weighted by Gasteiger charge is 2.15. The molecule has 0 unspecified atom stereocenters. The van der Waals surface area contributed by atoms with Gasteiger partial charge in [0.05, 0.1) is 6.26 Å². The van der Waals surface area contributed by atoms with Gasteiger partial charge in [-0.25, -0.2) is 4.39 Å². The van der Waals surface area contributed by atoms with Crippen LogP contribution in [0.1, 0.15) is 17.7 Å². The summed E-state index contributed by atoms with van der Waals surface area (Å²) in [6.45, 7) is 0.528. The minimum atomic E-state index is -0.282. The fourth-order valence-corrected chi connectivity index (χ4v) is 3.44. The number of rotatable bonds is 7. The monoisotopic (exact) mass is 376 g/mol. The van der Waals surface area contributed by atoms with Crippen LogP contribution in [0.25, 0.3) is 22.2 Å². The molecule has 28 heavy (non-hydrogen) atoms. The van der Waals surface area contributed by atoms with Gasteiger partial charge in [-0.3, -0.25) is 4.79 Å². The Labute approximate surface area is 162 Å². The van der Waals surface area contributed by atoms with Gasteiger partial charge in [0.15, 0.2) is 0 Å². The van der Waals surface area contributed by atoms with E-state index in [4.69, 9.17) is 4.42 Å². The van der Waals surface area contributed by atoms with Crippen molar-refractivity contribution in [3.05, 3.63) is 84.1 Å². The number of benzene rings is 2. The van der Waals surface area contributed by atoms with E-state index in [1.807, 2.05) is 42.5 Å². The molecule has 5 heteroatoms. The molecular formula is C23H21FN2O2. The maximum atomic E-state index is 13.8. The predicted octanol–water partition coefficient (Wildman–Crippen LogP) is 4.86. The van der Waals surface area contributed by atoms with Crippen LogP contribution in [-0.4, -0.2) is 17.4 Å². The molecule has 0 aliphatic carbocycles. The molecule has 0 aliphatic heterocycles. The van der Waals surface area contributed by atoms with E-state index in [1.165, 1.54) is 12.1 Å². The van der Waals surface area contributed by atoms with Crippen molar-refractivity contribution in [3.63, 3.8) is 0 Å². The number of hydrogen-bond acceptors (Lipinski definition) is 2. The van der Waals surface area contributed by atoms with Gasteiger partial charge in [-0.15, -0.1) is 0 Å². The van der Waals surface area contributed by atoms with Crippen LogP contribution in [0.4, 0.5) is 4.39 Å². The molecule has 142 valence electrons. The Morgan fingerprint density at radius 1 is 1.04 bits per heavy atom. The first-order chi connectivity index (χ1) is 13.7. The van der Waals surface area contributed by atoms with Crippen LogP contribution < -0.4 is 5.32 Å². The molecule has 0 radical (unpaired) electrons. The van der Waals surface area contributed by atoms with E-state index in [0.717, 1.165) is 33.5 Å². The normalized spacial score (nSPS) is 11.0. The Hall–Kier alpha value is -3.34. The fourth-order valence-electron chi connectivity index (χ4n) is 3.44. The first kappa shape index (κ1) is 18.0. The van der Waals surface area contributed by atoms with Gasteiger partial charge in [0, 0.05) is 36.0 Å². The zero-order valence-electron chi connectivity index (χ0n) is 15.4. The second kappa shape index (κ2) is 8.13. The van der Waals surface area contributed by atoms with E-state index in [9.17, 15) is 9.18 Å². The molecule has 2 aromatic heterocycles. The van der Waals surface area contributed by atoms with Crippen LogP contribution in [0.15, 0.2) is 71.3 Å². The SMILES string of the molecule is O=C(CCc1c(-c2ccccc2)[nH]c2ccc(F)cc12)NCCc1ccco1. The van der Waals surface area contributed by atoms with Gasteiger partial charge >= 0.3 is 0 Å². The number of carbonyl (C=O) groups excluding carboxylic acids is 1. The number of hydrogen-bond donors (Lipinski definition) is 2. The van der Waals surface area contributed by atoms with E-state index in [1.54, 1.807) is 12.3 Å². The quantitative estimate of drug-likeness (QED) is 0.484. The number of aromatic nitrogens is 1. The summed E-state index contributed by atoms with van der Waals surface area (Å²) in [6, 6.07) is 18.3. The molecule has 2 N–H and O–H groups in total. The minimum absolute atomic E-state index is 0.0312. The fraction of sp³-hybridized carbons (Fsp3) is 0.174. The Morgan fingerprint density at radius 2 is 1.89 bits per heavy atom. The van der Waals surface area contributed by atoms with Crippen molar-refractivity contribution in [1.82, 2.24) is 10.3 Å². The second-order valence-electron chi connectivity index (χ2n) is 6.71. The number of fused-ring (bicyclic) bond motifs is 1. The number of H-pyrrole nitrogens is 1. The molecule has 0 aliphatic rings. The smallest absolute Gasteiger partial charge is 0.220 e. The average Bonchev–Trinajstić information content (AvgIpc) is 3.34. The standard InChI is InChI=1S/C23H21FN2O2/c24-17-8-10-21-20(15-17)19(23(26-21)16-5-2-1-3-6-16)9-11-22(27)25-13-12-18-7-4-14-28-18/h1-8,10,14-15,26H,9,11-13H2,(H,25,27). The van der Waals surface area contributed by atoms with Crippen LogP contribution in [0.3, 0.4) is 0 Å². The molecule has 2 heterocycles. The van der Waals surface area contributed by atoms with E-state index in [0.29, 0.717) is 25.8 Å². The molecule has 1 amide bonds. The summed E-state index contributed by atoms with van der Waals surface area (Å²) in [4.78, 5) is 15.7. The second-order valence-corrected chi connectivity index (χ2v) is 6.71. The van der Waals surface area contributed by atoms with Crippen molar-refractivity contribution >= 4 is 16.8 Å². The van der Waals surface area contributed by atoms with Crippen LogP contribution in [0.5, 0.6) is 0 Å². The summed E-state index contributed by atoms with van der Waals surface area (Å²) in [7, 11) is 0. The summed E-state index contributed by atoms with van der Waals surface area (Å²) in [5.74, 6) is 0.533. The van der Waals surface area contributed by atoms with Crippen LogP contribution in [0, 0.1) is 5.82 Å².